The Morgan fingerprint density at radius 1 is 1.31 bits per heavy atom. The first-order chi connectivity index (χ1) is 13.8. The zero-order valence-electron chi connectivity index (χ0n) is 17.7. The van der Waals surface area contributed by atoms with Crippen LogP contribution in [0.4, 0.5) is 0 Å². The molecule has 1 saturated carbocycles. The molecular weight excluding hydrogens is 362 g/mol. The molecule has 0 heterocycles. The number of benzene rings is 1. The summed E-state index contributed by atoms with van der Waals surface area (Å²) in [5, 5.41) is 21.0. The number of allylic oxidation sites excluding steroid dienone is 2. The Kier molecular flexibility index (Phi) is 6.97. The largest absolute Gasteiger partial charge is 0.392 e. The van der Waals surface area contributed by atoms with Crippen LogP contribution >= 0.6 is 0 Å². The lowest BCUT2D eigenvalue weighted by Crippen LogP contribution is -2.23. The van der Waals surface area contributed by atoms with Gasteiger partial charge in [0.05, 0.1) is 11.7 Å². The maximum atomic E-state index is 11.2. The molecule has 4 heteroatoms. The molecule has 5 atom stereocenters. The smallest absolute Gasteiger partial charge is 0.248 e. The number of carbonyl (C=O) groups excluding carboxylic acids is 1. The third-order valence-electron chi connectivity index (χ3n) is 6.60. The highest BCUT2D eigenvalue weighted by Crippen LogP contribution is 2.48. The minimum atomic E-state index is -0.661. The number of carbonyl (C=O) groups is 1. The van der Waals surface area contributed by atoms with Gasteiger partial charge >= 0.3 is 0 Å². The first-order valence-electron chi connectivity index (χ1n) is 10.9. The number of aliphatic hydroxyl groups excluding tert-OH is 1. The first kappa shape index (κ1) is 21.8. The minimum absolute atomic E-state index is 0.160. The Morgan fingerprint density at radius 2 is 2.03 bits per heavy atom. The van der Waals surface area contributed by atoms with E-state index in [1.165, 1.54) is 11.1 Å². The minimum Gasteiger partial charge on any atom is -0.392 e. The van der Waals surface area contributed by atoms with Gasteiger partial charge in [-0.25, -0.2) is 0 Å². The average molecular weight is 398 g/mol. The fourth-order valence-electron chi connectivity index (χ4n) is 4.92. The summed E-state index contributed by atoms with van der Waals surface area (Å²) in [5.74, 6) is 0.637. The van der Waals surface area contributed by atoms with Crippen molar-refractivity contribution in [1.82, 2.24) is 0 Å². The number of primary amides is 1. The number of hydrogen-bond donors (Lipinski definition) is 3. The molecule has 0 aliphatic heterocycles. The summed E-state index contributed by atoms with van der Waals surface area (Å²) in [4.78, 5) is 11.2. The van der Waals surface area contributed by atoms with Crippen LogP contribution in [-0.2, 0) is 6.42 Å². The van der Waals surface area contributed by atoms with Gasteiger partial charge in [-0.15, -0.1) is 0 Å². The van der Waals surface area contributed by atoms with Gasteiger partial charge in [-0.2, -0.15) is 0 Å². The van der Waals surface area contributed by atoms with Crippen molar-refractivity contribution in [2.45, 2.75) is 70.5 Å². The summed E-state index contributed by atoms with van der Waals surface area (Å²) < 4.78 is 0. The molecule has 2 aliphatic carbocycles. The molecule has 4 N–H and O–H groups in total. The molecule has 0 saturated heterocycles. The van der Waals surface area contributed by atoms with Gasteiger partial charge in [-0.05, 0) is 68.6 Å². The molecule has 29 heavy (non-hydrogen) atoms. The number of hydrogen-bond acceptors (Lipinski definition) is 3. The van der Waals surface area contributed by atoms with Crippen molar-refractivity contribution in [3.05, 3.63) is 59.2 Å². The zero-order chi connectivity index (χ0) is 21.0. The number of unbranched alkanes of at least 4 members (excludes halogenated alkanes) is 1. The maximum absolute atomic E-state index is 11.2. The van der Waals surface area contributed by atoms with Crippen LogP contribution in [0.1, 0.15) is 68.3 Å². The molecule has 2 aliphatic rings. The second-order valence-corrected chi connectivity index (χ2v) is 9.21. The van der Waals surface area contributed by atoms with Crippen LogP contribution in [0.3, 0.4) is 0 Å². The van der Waals surface area contributed by atoms with E-state index < -0.39 is 11.5 Å². The normalized spacial score (nSPS) is 28.3. The third-order valence-corrected chi connectivity index (χ3v) is 6.60. The molecule has 1 fully saturated rings. The Hall–Kier alpha value is -1.91. The summed E-state index contributed by atoms with van der Waals surface area (Å²) in [5.41, 5.74) is 7.78. The molecular formula is C25H35NO3. The Morgan fingerprint density at radius 3 is 2.69 bits per heavy atom. The number of fused-ring (bicyclic) bond motifs is 1. The van der Waals surface area contributed by atoms with Crippen molar-refractivity contribution in [1.29, 1.82) is 0 Å². The summed E-state index contributed by atoms with van der Waals surface area (Å²) >= 11 is 0. The maximum Gasteiger partial charge on any atom is 0.248 e. The van der Waals surface area contributed by atoms with E-state index in [0.29, 0.717) is 23.8 Å². The first-order valence-corrected chi connectivity index (χ1v) is 10.9. The molecule has 1 aromatic rings. The summed E-state index contributed by atoms with van der Waals surface area (Å²) in [6, 6.07) is 7.51. The lowest BCUT2D eigenvalue weighted by molar-refractivity contribution is 0.0513. The standard InChI is InChI=1S/C25H35NO3/c1-3-4-11-25(2,29)12-5-6-21-22-15-18(14-20(22)16-23(21)27)13-17-7-9-19(10-8-17)24(26)28/h5-10,14,20-23,27,29H,3-4,11-13,15-16H2,1-2H3,(H2,26,28)/t20-,21+,22-,23+,25-/m0/s1. The van der Waals surface area contributed by atoms with Gasteiger partial charge in [-0.1, -0.05) is 55.7 Å². The fraction of sp³-hybridized carbons (Fsp3) is 0.560. The van der Waals surface area contributed by atoms with E-state index in [0.717, 1.165) is 38.5 Å². The second-order valence-electron chi connectivity index (χ2n) is 9.21. The van der Waals surface area contributed by atoms with Crippen LogP contribution < -0.4 is 5.73 Å². The molecule has 1 amide bonds. The topological polar surface area (TPSA) is 83.5 Å². The van der Waals surface area contributed by atoms with Gasteiger partial charge in [0, 0.05) is 11.5 Å². The van der Waals surface area contributed by atoms with E-state index in [-0.39, 0.29) is 12.0 Å². The number of nitrogens with two attached hydrogens (primary N) is 1. The van der Waals surface area contributed by atoms with E-state index in [9.17, 15) is 15.0 Å². The highest BCUT2D eigenvalue weighted by atomic mass is 16.3. The van der Waals surface area contributed by atoms with E-state index in [1.54, 1.807) is 12.1 Å². The van der Waals surface area contributed by atoms with Crippen molar-refractivity contribution in [2.24, 2.45) is 23.5 Å². The van der Waals surface area contributed by atoms with Crippen molar-refractivity contribution in [3.8, 4) is 0 Å². The molecule has 0 spiro atoms. The van der Waals surface area contributed by atoms with Gasteiger partial charge in [0.1, 0.15) is 0 Å². The van der Waals surface area contributed by atoms with Crippen molar-refractivity contribution < 1.29 is 15.0 Å². The number of amides is 1. The molecule has 3 rings (SSSR count). The quantitative estimate of drug-likeness (QED) is 0.547. The average Bonchev–Trinajstić information content (AvgIpc) is 3.17. The molecule has 0 unspecified atom stereocenters. The van der Waals surface area contributed by atoms with Crippen LogP contribution in [0.25, 0.3) is 0 Å². The molecule has 0 aromatic heterocycles. The van der Waals surface area contributed by atoms with Crippen LogP contribution in [0.15, 0.2) is 48.1 Å². The predicted octanol–water partition coefficient (Wildman–Crippen LogP) is 4.16. The Balaban J connectivity index is 1.57. The van der Waals surface area contributed by atoms with Crippen LogP contribution in [0.2, 0.25) is 0 Å². The van der Waals surface area contributed by atoms with Crippen LogP contribution in [0, 0.1) is 17.8 Å². The predicted molar refractivity (Wildman–Crippen MR) is 116 cm³/mol. The zero-order valence-corrected chi connectivity index (χ0v) is 17.7. The van der Waals surface area contributed by atoms with Gasteiger partial charge in [-0.3, -0.25) is 4.79 Å². The van der Waals surface area contributed by atoms with Crippen LogP contribution in [0.5, 0.6) is 0 Å². The number of rotatable bonds is 9. The lowest BCUT2D eigenvalue weighted by Gasteiger charge is -2.22. The highest BCUT2D eigenvalue weighted by molar-refractivity contribution is 5.92. The molecule has 4 nitrogen and oxygen atoms in total. The monoisotopic (exact) mass is 397 g/mol. The molecule has 0 radical (unpaired) electrons. The Bertz CT molecular complexity index is 763. The lowest BCUT2D eigenvalue weighted by atomic mass is 9.87. The summed E-state index contributed by atoms with van der Waals surface area (Å²) in [7, 11) is 0. The molecule has 158 valence electrons. The van der Waals surface area contributed by atoms with Crippen molar-refractivity contribution in [3.63, 3.8) is 0 Å². The van der Waals surface area contributed by atoms with Crippen LogP contribution in [-0.4, -0.2) is 27.8 Å². The Labute approximate surface area is 174 Å². The van der Waals surface area contributed by atoms with E-state index in [2.05, 4.69) is 25.2 Å². The SMILES string of the molecule is CCCC[C@](C)(O)CC=C[C@@H]1[C@H]2CC(Cc3ccc(C(N)=O)cc3)=C[C@H]2C[C@H]1O. The number of aliphatic hydroxyl groups is 2. The summed E-state index contributed by atoms with van der Waals surface area (Å²) in [6.45, 7) is 4.04. The van der Waals surface area contributed by atoms with E-state index >= 15 is 0 Å². The van der Waals surface area contributed by atoms with Gasteiger partial charge < -0.3 is 15.9 Å². The van der Waals surface area contributed by atoms with Gasteiger partial charge in [0.15, 0.2) is 0 Å². The van der Waals surface area contributed by atoms with E-state index in [4.69, 9.17) is 5.73 Å². The molecule has 0 bridgehead atoms. The van der Waals surface area contributed by atoms with Gasteiger partial charge in [0.2, 0.25) is 5.91 Å². The van der Waals surface area contributed by atoms with Gasteiger partial charge in [0.25, 0.3) is 0 Å². The van der Waals surface area contributed by atoms with Crippen molar-refractivity contribution >= 4 is 5.91 Å². The summed E-state index contributed by atoms with van der Waals surface area (Å²) in [6.07, 6.45) is 12.5. The molecule has 1 aromatic carbocycles. The third kappa shape index (κ3) is 5.58. The second kappa shape index (κ2) is 9.27. The fourth-order valence-corrected chi connectivity index (χ4v) is 4.92. The van der Waals surface area contributed by atoms with Crippen molar-refractivity contribution in [2.75, 3.05) is 0 Å². The van der Waals surface area contributed by atoms with E-state index in [1.807, 2.05) is 19.1 Å². The highest BCUT2D eigenvalue weighted by Gasteiger charge is 2.43.